The molecule has 0 spiro atoms. The number of halogens is 1. The number of carbonyl (C=O) groups is 1. The highest BCUT2D eigenvalue weighted by Crippen LogP contribution is 2.16. The number of ether oxygens (including phenoxy) is 1. The zero-order chi connectivity index (χ0) is 13.7. The molecule has 2 aromatic carbocycles. The molecule has 0 unspecified atom stereocenters. The average Bonchev–Trinajstić information content (AvgIpc) is 2.46. The summed E-state index contributed by atoms with van der Waals surface area (Å²) < 4.78 is 6.43. The summed E-state index contributed by atoms with van der Waals surface area (Å²) in [5, 5.41) is 0. The molecule has 1 amide bonds. The third kappa shape index (κ3) is 3.83. The third-order valence-corrected chi connectivity index (χ3v) is 3.22. The maximum absolute atomic E-state index is 12.0. The van der Waals surface area contributed by atoms with Crippen molar-refractivity contribution in [1.82, 2.24) is 0 Å². The van der Waals surface area contributed by atoms with Gasteiger partial charge in [0.2, 0.25) is 0 Å². The second kappa shape index (κ2) is 6.38. The molecule has 0 radical (unpaired) electrons. The first kappa shape index (κ1) is 13.6. The van der Waals surface area contributed by atoms with Gasteiger partial charge in [-0.05, 0) is 36.4 Å². The largest absolute Gasteiger partial charge is 0.484 e. The van der Waals surface area contributed by atoms with Gasteiger partial charge in [0.15, 0.2) is 6.61 Å². The van der Waals surface area contributed by atoms with Gasteiger partial charge in [0, 0.05) is 17.2 Å². The summed E-state index contributed by atoms with van der Waals surface area (Å²) in [5.41, 5.74) is 0.854. The topological polar surface area (TPSA) is 29.5 Å². The smallest absolute Gasteiger partial charge is 0.264 e. The van der Waals surface area contributed by atoms with Crippen molar-refractivity contribution >= 4 is 27.5 Å². The Hall–Kier alpha value is -1.81. The van der Waals surface area contributed by atoms with E-state index < -0.39 is 0 Å². The van der Waals surface area contributed by atoms with Gasteiger partial charge >= 0.3 is 0 Å². The summed E-state index contributed by atoms with van der Waals surface area (Å²) >= 11 is 3.35. The monoisotopic (exact) mass is 319 g/mol. The van der Waals surface area contributed by atoms with E-state index >= 15 is 0 Å². The summed E-state index contributed by atoms with van der Waals surface area (Å²) in [6.07, 6.45) is 0. The normalized spacial score (nSPS) is 10.0. The first-order chi connectivity index (χ1) is 9.16. The molecule has 0 aliphatic heterocycles. The van der Waals surface area contributed by atoms with Crippen molar-refractivity contribution in [3.05, 3.63) is 59.1 Å². The second-order valence-electron chi connectivity index (χ2n) is 4.03. The van der Waals surface area contributed by atoms with Gasteiger partial charge < -0.3 is 9.64 Å². The van der Waals surface area contributed by atoms with E-state index in [2.05, 4.69) is 15.9 Å². The van der Waals surface area contributed by atoms with Gasteiger partial charge in [-0.15, -0.1) is 0 Å². The van der Waals surface area contributed by atoms with Crippen molar-refractivity contribution in [2.75, 3.05) is 18.6 Å². The molecule has 4 heteroatoms. The zero-order valence-corrected chi connectivity index (χ0v) is 12.1. The maximum Gasteiger partial charge on any atom is 0.264 e. The Morgan fingerprint density at radius 2 is 1.74 bits per heavy atom. The van der Waals surface area contributed by atoms with Crippen molar-refractivity contribution in [2.24, 2.45) is 0 Å². The molecule has 0 fully saturated rings. The van der Waals surface area contributed by atoms with Crippen LogP contribution in [0, 0.1) is 0 Å². The minimum absolute atomic E-state index is 0.0209. The van der Waals surface area contributed by atoms with E-state index in [-0.39, 0.29) is 12.5 Å². The fraction of sp³-hybridized carbons (Fsp3) is 0.133. The Labute approximate surface area is 120 Å². The standard InChI is InChI=1S/C15H14BrNO2/c1-17(13-5-3-2-4-6-13)15(18)11-19-14-9-7-12(16)8-10-14/h2-10H,11H2,1H3. The molecular weight excluding hydrogens is 306 g/mol. The molecule has 0 aliphatic carbocycles. The van der Waals surface area contributed by atoms with Gasteiger partial charge in [-0.2, -0.15) is 0 Å². The van der Waals surface area contributed by atoms with Crippen LogP contribution in [0.1, 0.15) is 0 Å². The molecular formula is C15H14BrNO2. The fourth-order valence-corrected chi connectivity index (χ4v) is 1.83. The number of para-hydroxylation sites is 1. The first-order valence-electron chi connectivity index (χ1n) is 5.87. The van der Waals surface area contributed by atoms with E-state index in [1.807, 2.05) is 54.6 Å². The van der Waals surface area contributed by atoms with E-state index in [9.17, 15) is 4.79 Å². The van der Waals surface area contributed by atoms with Crippen molar-refractivity contribution in [3.63, 3.8) is 0 Å². The van der Waals surface area contributed by atoms with Crippen LogP contribution in [0.4, 0.5) is 5.69 Å². The minimum Gasteiger partial charge on any atom is -0.484 e. The number of likely N-dealkylation sites (N-methyl/N-ethyl adjacent to an activating group) is 1. The van der Waals surface area contributed by atoms with Crippen LogP contribution in [0.5, 0.6) is 5.75 Å². The molecule has 0 bridgehead atoms. The van der Waals surface area contributed by atoms with Crippen molar-refractivity contribution in [3.8, 4) is 5.75 Å². The molecule has 0 heterocycles. The number of anilines is 1. The summed E-state index contributed by atoms with van der Waals surface area (Å²) in [7, 11) is 1.74. The van der Waals surface area contributed by atoms with Crippen LogP contribution in [-0.4, -0.2) is 19.6 Å². The molecule has 98 valence electrons. The lowest BCUT2D eigenvalue weighted by Crippen LogP contribution is -2.31. The number of benzene rings is 2. The van der Waals surface area contributed by atoms with Gasteiger partial charge in [0.05, 0.1) is 0 Å². The highest BCUT2D eigenvalue weighted by Gasteiger charge is 2.11. The van der Waals surface area contributed by atoms with Crippen LogP contribution < -0.4 is 9.64 Å². The second-order valence-corrected chi connectivity index (χ2v) is 4.95. The van der Waals surface area contributed by atoms with E-state index in [4.69, 9.17) is 4.74 Å². The van der Waals surface area contributed by atoms with Crippen LogP contribution in [-0.2, 0) is 4.79 Å². The molecule has 0 N–H and O–H groups in total. The van der Waals surface area contributed by atoms with Gasteiger partial charge in [-0.1, -0.05) is 34.1 Å². The predicted molar refractivity (Wildman–Crippen MR) is 79.5 cm³/mol. The van der Waals surface area contributed by atoms with Crippen molar-refractivity contribution < 1.29 is 9.53 Å². The van der Waals surface area contributed by atoms with Gasteiger partial charge in [-0.3, -0.25) is 4.79 Å². The van der Waals surface area contributed by atoms with Crippen molar-refractivity contribution in [1.29, 1.82) is 0 Å². The lowest BCUT2D eigenvalue weighted by atomic mass is 10.3. The number of hydrogen-bond donors (Lipinski definition) is 0. The molecule has 0 aromatic heterocycles. The van der Waals surface area contributed by atoms with E-state index in [0.717, 1.165) is 10.2 Å². The predicted octanol–water partition coefficient (Wildman–Crippen LogP) is 3.49. The molecule has 0 aliphatic rings. The Morgan fingerprint density at radius 1 is 1.11 bits per heavy atom. The number of rotatable bonds is 4. The highest BCUT2D eigenvalue weighted by molar-refractivity contribution is 9.10. The van der Waals surface area contributed by atoms with Gasteiger partial charge in [-0.25, -0.2) is 0 Å². The highest BCUT2D eigenvalue weighted by atomic mass is 79.9. The lowest BCUT2D eigenvalue weighted by molar-refractivity contribution is -0.120. The Bertz CT molecular complexity index is 540. The molecule has 0 atom stereocenters. The molecule has 0 saturated heterocycles. The molecule has 2 rings (SSSR count). The van der Waals surface area contributed by atoms with Crippen LogP contribution >= 0.6 is 15.9 Å². The zero-order valence-electron chi connectivity index (χ0n) is 10.5. The Balaban J connectivity index is 1.93. The van der Waals surface area contributed by atoms with E-state index in [0.29, 0.717) is 5.75 Å². The summed E-state index contributed by atoms with van der Waals surface area (Å²) in [6.45, 7) is 0.0209. The molecule has 3 nitrogen and oxygen atoms in total. The molecule has 19 heavy (non-hydrogen) atoms. The SMILES string of the molecule is CN(C(=O)COc1ccc(Br)cc1)c1ccccc1. The average molecular weight is 320 g/mol. The number of nitrogens with zero attached hydrogens (tertiary/aromatic N) is 1. The Morgan fingerprint density at radius 3 is 2.37 bits per heavy atom. The van der Waals surface area contributed by atoms with Crippen molar-refractivity contribution in [2.45, 2.75) is 0 Å². The minimum atomic E-state index is -0.0888. The van der Waals surface area contributed by atoms with Crippen LogP contribution in [0.25, 0.3) is 0 Å². The number of carbonyl (C=O) groups excluding carboxylic acids is 1. The Kier molecular flexibility index (Phi) is 4.58. The van der Waals surface area contributed by atoms with Crippen LogP contribution in [0.3, 0.4) is 0 Å². The molecule has 0 saturated carbocycles. The lowest BCUT2D eigenvalue weighted by Gasteiger charge is -2.17. The molecule has 2 aromatic rings. The summed E-state index contributed by atoms with van der Waals surface area (Å²) in [4.78, 5) is 13.6. The van der Waals surface area contributed by atoms with E-state index in [1.165, 1.54) is 0 Å². The van der Waals surface area contributed by atoms with E-state index in [1.54, 1.807) is 11.9 Å². The number of amides is 1. The third-order valence-electron chi connectivity index (χ3n) is 2.69. The summed E-state index contributed by atoms with van der Waals surface area (Å²) in [5.74, 6) is 0.590. The first-order valence-corrected chi connectivity index (χ1v) is 6.66. The fourth-order valence-electron chi connectivity index (χ4n) is 1.57. The summed E-state index contributed by atoms with van der Waals surface area (Å²) in [6, 6.07) is 16.9. The van der Waals surface area contributed by atoms with Gasteiger partial charge in [0.25, 0.3) is 5.91 Å². The quantitative estimate of drug-likeness (QED) is 0.863. The maximum atomic E-state index is 12.0. The van der Waals surface area contributed by atoms with Gasteiger partial charge in [0.1, 0.15) is 5.75 Å². The van der Waals surface area contributed by atoms with Crippen LogP contribution in [0.15, 0.2) is 59.1 Å². The van der Waals surface area contributed by atoms with Crippen LogP contribution in [0.2, 0.25) is 0 Å². The number of hydrogen-bond acceptors (Lipinski definition) is 2.